The molecule has 0 unspecified atom stereocenters. The third kappa shape index (κ3) is 3.31. The highest BCUT2D eigenvalue weighted by molar-refractivity contribution is 9.11. The molecule has 0 fully saturated rings. The lowest BCUT2D eigenvalue weighted by molar-refractivity contribution is 0.261. The number of aromatic nitrogens is 2. The molecule has 0 spiro atoms. The largest absolute Gasteiger partial charge is 0.402 e. The van der Waals surface area contributed by atoms with Gasteiger partial charge in [-0.3, -0.25) is 5.32 Å². The van der Waals surface area contributed by atoms with Gasteiger partial charge in [0.2, 0.25) is 0 Å². The quantitative estimate of drug-likeness (QED) is 0.705. The van der Waals surface area contributed by atoms with E-state index in [2.05, 4.69) is 36.8 Å². The van der Waals surface area contributed by atoms with Gasteiger partial charge >= 0.3 is 12.0 Å². The number of para-hydroxylation sites is 1. The van der Waals surface area contributed by atoms with Gasteiger partial charge in [-0.25, -0.2) is 9.18 Å². The molecule has 0 atom stereocenters. The number of benzene rings is 1. The third-order valence-electron chi connectivity index (χ3n) is 2.55. The number of carbonyl (C=O) groups excluding carboxylic acids is 1. The lowest BCUT2D eigenvalue weighted by atomic mass is 10.3. The summed E-state index contributed by atoms with van der Waals surface area (Å²) in [6.07, 6.45) is 0. The molecular formula is C13H8BrFN4O2S. The molecule has 0 saturated heterocycles. The summed E-state index contributed by atoms with van der Waals surface area (Å²) in [6, 6.07) is 8.74. The fourth-order valence-electron chi connectivity index (χ4n) is 1.62. The van der Waals surface area contributed by atoms with Crippen LogP contribution >= 0.6 is 27.3 Å². The van der Waals surface area contributed by atoms with Gasteiger partial charge in [-0.1, -0.05) is 17.2 Å². The Balaban J connectivity index is 1.67. The summed E-state index contributed by atoms with van der Waals surface area (Å²) in [7, 11) is 0. The maximum absolute atomic E-state index is 13.4. The van der Waals surface area contributed by atoms with Crippen molar-refractivity contribution in [3.63, 3.8) is 0 Å². The van der Waals surface area contributed by atoms with Gasteiger partial charge in [0.15, 0.2) is 0 Å². The number of carbonyl (C=O) groups is 1. The predicted molar refractivity (Wildman–Crippen MR) is 84.4 cm³/mol. The first-order valence-corrected chi connectivity index (χ1v) is 7.64. The number of nitrogens with zero attached hydrogens (tertiary/aromatic N) is 2. The summed E-state index contributed by atoms with van der Waals surface area (Å²) >= 11 is 4.75. The number of hydrogen-bond donors (Lipinski definition) is 2. The summed E-state index contributed by atoms with van der Waals surface area (Å²) in [5.41, 5.74) is 0.0573. The number of halogens is 2. The Kier molecular flexibility index (Phi) is 4.16. The Labute approximate surface area is 136 Å². The molecule has 1 aromatic carbocycles. The number of anilines is 2. The summed E-state index contributed by atoms with van der Waals surface area (Å²) < 4.78 is 19.7. The molecule has 3 aromatic rings. The zero-order chi connectivity index (χ0) is 15.5. The smallest absolute Gasteiger partial charge is 0.327 e. The normalized spacial score (nSPS) is 10.5. The summed E-state index contributed by atoms with van der Waals surface area (Å²) in [5.74, 6) is -0.246. The van der Waals surface area contributed by atoms with Gasteiger partial charge in [-0.2, -0.15) is 0 Å². The van der Waals surface area contributed by atoms with E-state index in [9.17, 15) is 9.18 Å². The van der Waals surface area contributed by atoms with Crippen molar-refractivity contribution in [3.05, 3.63) is 46.0 Å². The molecule has 2 heterocycles. The Morgan fingerprint density at radius 2 is 2.00 bits per heavy atom. The van der Waals surface area contributed by atoms with Crippen LogP contribution in [0.1, 0.15) is 0 Å². The maximum Gasteiger partial charge on any atom is 0.327 e. The number of hydrogen-bond acceptors (Lipinski definition) is 5. The molecule has 6 nitrogen and oxygen atoms in total. The van der Waals surface area contributed by atoms with Gasteiger partial charge in [0.05, 0.1) is 14.4 Å². The molecule has 9 heteroatoms. The first kappa shape index (κ1) is 14.7. The molecule has 2 amide bonds. The maximum atomic E-state index is 13.4. The number of amides is 2. The zero-order valence-corrected chi connectivity index (χ0v) is 13.2. The molecule has 0 aliphatic heterocycles. The molecule has 0 bridgehead atoms. The Morgan fingerprint density at radius 3 is 2.73 bits per heavy atom. The Hall–Kier alpha value is -2.26. The summed E-state index contributed by atoms with van der Waals surface area (Å²) in [4.78, 5) is 12.5. The SMILES string of the molecule is O=C(Nc1nnc(-c2ccc(Br)s2)o1)Nc1ccccc1F. The van der Waals surface area contributed by atoms with Gasteiger partial charge in [0.25, 0.3) is 5.89 Å². The molecule has 0 saturated carbocycles. The Morgan fingerprint density at radius 1 is 1.18 bits per heavy atom. The lowest BCUT2D eigenvalue weighted by Crippen LogP contribution is -2.20. The molecule has 0 aliphatic rings. The second-order valence-corrected chi connectivity index (χ2v) is 6.54. The average molecular weight is 383 g/mol. The van der Waals surface area contributed by atoms with E-state index in [0.29, 0.717) is 0 Å². The molecule has 2 N–H and O–H groups in total. The molecule has 0 radical (unpaired) electrons. The zero-order valence-electron chi connectivity index (χ0n) is 10.8. The van der Waals surface area contributed by atoms with Crippen molar-refractivity contribution >= 4 is 45.0 Å². The van der Waals surface area contributed by atoms with Crippen LogP contribution in [-0.4, -0.2) is 16.2 Å². The topological polar surface area (TPSA) is 80.1 Å². The van der Waals surface area contributed by atoms with Gasteiger partial charge < -0.3 is 9.73 Å². The number of thiophene rings is 1. The predicted octanol–water partition coefficient (Wildman–Crippen LogP) is 4.34. The fourth-order valence-corrected chi connectivity index (χ4v) is 2.92. The minimum Gasteiger partial charge on any atom is -0.402 e. The van der Waals surface area contributed by atoms with Crippen molar-refractivity contribution in [2.24, 2.45) is 0 Å². The standard InChI is InChI=1S/C13H8BrFN4O2S/c14-10-6-5-9(22-10)11-18-19-13(21-11)17-12(20)16-8-4-2-1-3-7(8)15/h1-6H,(H2,16,17,19,20). The molecule has 22 heavy (non-hydrogen) atoms. The molecular weight excluding hydrogens is 375 g/mol. The van der Waals surface area contributed by atoms with Crippen molar-refractivity contribution in [2.75, 3.05) is 10.6 Å². The van der Waals surface area contributed by atoms with E-state index in [-0.39, 0.29) is 17.6 Å². The molecule has 2 aromatic heterocycles. The van der Waals surface area contributed by atoms with Crippen molar-refractivity contribution in [3.8, 4) is 10.8 Å². The van der Waals surface area contributed by atoms with Crippen molar-refractivity contribution in [1.82, 2.24) is 10.2 Å². The van der Waals surface area contributed by atoms with E-state index in [1.54, 1.807) is 6.07 Å². The highest BCUT2D eigenvalue weighted by Crippen LogP contribution is 2.30. The van der Waals surface area contributed by atoms with Gasteiger partial charge in [0, 0.05) is 0 Å². The van der Waals surface area contributed by atoms with Gasteiger partial charge in [-0.05, 0) is 40.2 Å². The first-order chi connectivity index (χ1) is 10.6. The van der Waals surface area contributed by atoms with E-state index < -0.39 is 11.8 Å². The van der Waals surface area contributed by atoms with E-state index in [0.717, 1.165) is 8.66 Å². The summed E-state index contributed by atoms with van der Waals surface area (Å²) in [6.45, 7) is 0. The Bertz CT molecular complexity index is 820. The molecule has 0 aliphatic carbocycles. The van der Waals surface area contributed by atoms with E-state index in [1.807, 2.05) is 12.1 Å². The fraction of sp³-hybridized carbons (Fsp3) is 0. The van der Waals surface area contributed by atoms with Crippen LogP contribution in [0.5, 0.6) is 0 Å². The highest BCUT2D eigenvalue weighted by atomic mass is 79.9. The van der Waals surface area contributed by atoms with Crippen molar-refractivity contribution in [1.29, 1.82) is 0 Å². The van der Waals surface area contributed by atoms with Gasteiger partial charge in [0.1, 0.15) is 5.82 Å². The molecule has 3 rings (SSSR count). The summed E-state index contributed by atoms with van der Waals surface area (Å²) in [5, 5.41) is 12.3. The monoisotopic (exact) mass is 382 g/mol. The number of nitrogens with one attached hydrogen (secondary N) is 2. The van der Waals surface area contributed by atoms with Crippen LogP contribution in [0, 0.1) is 5.82 Å². The van der Waals surface area contributed by atoms with Crippen molar-refractivity contribution < 1.29 is 13.6 Å². The lowest BCUT2D eigenvalue weighted by Gasteiger charge is -2.04. The van der Waals surface area contributed by atoms with Crippen LogP contribution < -0.4 is 10.6 Å². The number of urea groups is 1. The van der Waals surface area contributed by atoms with E-state index in [1.165, 1.54) is 29.5 Å². The van der Waals surface area contributed by atoms with Crippen LogP contribution in [0.3, 0.4) is 0 Å². The van der Waals surface area contributed by atoms with E-state index in [4.69, 9.17) is 4.42 Å². The minimum absolute atomic E-state index is 0.0573. The van der Waals surface area contributed by atoms with Crippen LogP contribution in [0.2, 0.25) is 0 Å². The van der Waals surface area contributed by atoms with Crippen LogP contribution in [0.25, 0.3) is 10.8 Å². The van der Waals surface area contributed by atoms with Crippen LogP contribution in [-0.2, 0) is 0 Å². The number of rotatable bonds is 3. The van der Waals surface area contributed by atoms with Crippen LogP contribution in [0.15, 0.2) is 44.6 Å². The van der Waals surface area contributed by atoms with Crippen molar-refractivity contribution in [2.45, 2.75) is 0 Å². The second kappa shape index (κ2) is 6.24. The van der Waals surface area contributed by atoms with E-state index >= 15 is 0 Å². The second-order valence-electron chi connectivity index (χ2n) is 4.08. The third-order valence-corrected chi connectivity index (χ3v) is 4.16. The van der Waals surface area contributed by atoms with Gasteiger partial charge in [-0.15, -0.1) is 16.4 Å². The molecule has 112 valence electrons. The average Bonchev–Trinajstić information content (AvgIpc) is 3.10. The highest BCUT2D eigenvalue weighted by Gasteiger charge is 2.13. The minimum atomic E-state index is -0.673. The van der Waals surface area contributed by atoms with Crippen LogP contribution in [0.4, 0.5) is 20.9 Å². The first-order valence-electron chi connectivity index (χ1n) is 6.03.